The summed E-state index contributed by atoms with van der Waals surface area (Å²) in [6.07, 6.45) is 1.51. The van der Waals surface area contributed by atoms with Crippen molar-refractivity contribution in [3.63, 3.8) is 0 Å². The fourth-order valence-electron chi connectivity index (χ4n) is 0.686. The average molecular weight is 139 g/mol. The molecule has 0 fully saturated rings. The Balaban J connectivity index is 3.01. The Labute approximate surface area is 58.8 Å². The molecule has 1 rings (SSSR count). The van der Waals surface area contributed by atoms with Gasteiger partial charge in [0.2, 0.25) is 0 Å². The predicted molar refractivity (Wildman–Crippen MR) is 36.9 cm³/mol. The third-order valence-corrected chi connectivity index (χ3v) is 1.14. The normalized spacial score (nSPS) is 9.80. The topological polar surface area (TPSA) is 50.9 Å². The van der Waals surface area contributed by atoms with Crippen LogP contribution in [0.4, 0.5) is 0 Å². The van der Waals surface area contributed by atoms with Crippen LogP contribution in [0.15, 0.2) is 12.8 Å². The molecule has 0 aliphatic heterocycles. The number of hydrogen-bond donors (Lipinski definition) is 1. The molecule has 10 heavy (non-hydrogen) atoms. The van der Waals surface area contributed by atoms with Crippen LogP contribution in [0.25, 0.3) is 5.70 Å². The number of aliphatic hydroxyl groups excluding tert-OH is 1. The van der Waals surface area contributed by atoms with E-state index in [1.165, 1.54) is 10.9 Å². The van der Waals surface area contributed by atoms with Crippen LogP contribution in [0.2, 0.25) is 0 Å². The summed E-state index contributed by atoms with van der Waals surface area (Å²) in [7, 11) is 0. The summed E-state index contributed by atoms with van der Waals surface area (Å²) in [4.78, 5) is 0. The zero-order valence-corrected chi connectivity index (χ0v) is 5.78. The van der Waals surface area contributed by atoms with Crippen LogP contribution in [0, 0.1) is 0 Å². The van der Waals surface area contributed by atoms with Crippen LogP contribution in [0.5, 0.6) is 0 Å². The molecule has 1 aromatic heterocycles. The summed E-state index contributed by atoms with van der Waals surface area (Å²) in [5.41, 5.74) is 1.41. The molecule has 54 valence electrons. The molecular formula is C6H9N3O. The van der Waals surface area contributed by atoms with Gasteiger partial charge in [0.1, 0.15) is 0 Å². The van der Waals surface area contributed by atoms with E-state index in [2.05, 4.69) is 16.9 Å². The minimum Gasteiger partial charge on any atom is -0.390 e. The van der Waals surface area contributed by atoms with Gasteiger partial charge in [0.25, 0.3) is 0 Å². The molecule has 0 bridgehead atoms. The molecule has 0 spiro atoms. The Kier molecular flexibility index (Phi) is 1.82. The number of rotatable bonds is 2. The lowest BCUT2D eigenvalue weighted by Gasteiger charge is -1.99. The number of aromatic nitrogens is 3. The first-order valence-corrected chi connectivity index (χ1v) is 2.92. The molecule has 4 nitrogen and oxygen atoms in total. The Morgan fingerprint density at radius 1 is 1.90 bits per heavy atom. The minimum atomic E-state index is -0.0557. The van der Waals surface area contributed by atoms with Gasteiger partial charge in [-0.1, -0.05) is 11.8 Å². The van der Waals surface area contributed by atoms with Gasteiger partial charge < -0.3 is 5.11 Å². The Hall–Kier alpha value is -1.16. The van der Waals surface area contributed by atoms with E-state index < -0.39 is 0 Å². The largest absolute Gasteiger partial charge is 0.390 e. The minimum absolute atomic E-state index is 0.0557. The number of hydrogen-bond acceptors (Lipinski definition) is 3. The van der Waals surface area contributed by atoms with E-state index in [-0.39, 0.29) is 6.61 Å². The molecule has 0 saturated heterocycles. The van der Waals surface area contributed by atoms with Gasteiger partial charge >= 0.3 is 0 Å². The second-order valence-corrected chi connectivity index (χ2v) is 2.03. The first-order valence-electron chi connectivity index (χ1n) is 2.92. The monoisotopic (exact) mass is 139 g/mol. The van der Waals surface area contributed by atoms with E-state index in [0.717, 1.165) is 5.70 Å². The van der Waals surface area contributed by atoms with Gasteiger partial charge in [-0.25, -0.2) is 4.68 Å². The summed E-state index contributed by atoms with van der Waals surface area (Å²) in [6.45, 7) is 5.40. The van der Waals surface area contributed by atoms with Gasteiger partial charge in [0.05, 0.1) is 18.5 Å². The Morgan fingerprint density at radius 3 is 3.00 bits per heavy atom. The standard InChI is InChI=1S/C6H9N3O/c1-5(2)9-6(4-10)3-7-8-9/h3,10H,1,4H2,2H3. The van der Waals surface area contributed by atoms with E-state index in [9.17, 15) is 0 Å². The zero-order valence-electron chi connectivity index (χ0n) is 5.78. The van der Waals surface area contributed by atoms with Crippen molar-refractivity contribution >= 4 is 5.70 Å². The molecule has 0 saturated carbocycles. The van der Waals surface area contributed by atoms with Crippen LogP contribution in [-0.2, 0) is 6.61 Å². The second-order valence-electron chi connectivity index (χ2n) is 2.03. The van der Waals surface area contributed by atoms with Crippen LogP contribution in [0.3, 0.4) is 0 Å². The first kappa shape index (κ1) is 6.95. The molecule has 0 aromatic carbocycles. The third kappa shape index (κ3) is 1.06. The number of allylic oxidation sites excluding steroid dienone is 1. The van der Waals surface area contributed by atoms with E-state index in [4.69, 9.17) is 5.11 Å². The number of aliphatic hydroxyl groups is 1. The van der Waals surface area contributed by atoms with Crippen LogP contribution < -0.4 is 0 Å². The lowest BCUT2D eigenvalue weighted by Crippen LogP contribution is -2.00. The van der Waals surface area contributed by atoms with E-state index in [0.29, 0.717) is 5.69 Å². The van der Waals surface area contributed by atoms with Crippen molar-refractivity contribution < 1.29 is 5.11 Å². The molecule has 0 aliphatic rings. The van der Waals surface area contributed by atoms with Crippen molar-refractivity contribution in [1.29, 1.82) is 0 Å². The lowest BCUT2D eigenvalue weighted by atomic mass is 10.4. The molecule has 1 N–H and O–H groups in total. The predicted octanol–water partition coefficient (Wildman–Crippen LogP) is 0.261. The maximum atomic E-state index is 8.71. The van der Waals surface area contributed by atoms with Gasteiger partial charge in [-0.15, -0.1) is 5.10 Å². The summed E-state index contributed by atoms with van der Waals surface area (Å²) in [5, 5.41) is 16.0. The zero-order chi connectivity index (χ0) is 7.56. The highest BCUT2D eigenvalue weighted by molar-refractivity contribution is 5.37. The maximum absolute atomic E-state index is 8.71. The average Bonchev–Trinajstić information content (AvgIpc) is 2.33. The maximum Gasteiger partial charge on any atom is 0.0895 e. The van der Waals surface area contributed by atoms with Gasteiger partial charge in [-0.2, -0.15) is 0 Å². The molecule has 4 heteroatoms. The first-order chi connectivity index (χ1) is 4.75. The van der Waals surface area contributed by atoms with Gasteiger partial charge in [0.15, 0.2) is 0 Å². The summed E-state index contributed by atoms with van der Waals surface area (Å²) in [5.74, 6) is 0. The van der Waals surface area contributed by atoms with Gasteiger partial charge in [-0.05, 0) is 6.92 Å². The highest BCUT2D eigenvalue weighted by Crippen LogP contribution is 2.02. The Morgan fingerprint density at radius 2 is 2.60 bits per heavy atom. The molecule has 1 heterocycles. The SMILES string of the molecule is C=C(C)n1nncc1CO. The fraction of sp³-hybridized carbons (Fsp3) is 0.333. The second kappa shape index (κ2) is 2.62. The summed E-state index contributed by atoms with van der Waals surface area (Å²) < 4.78 is 1.50. The third-order valence-electron chi connectivity index (χ3n) is 1.14. The van der Waals surface area contributed by atoms with Crippen molar-refractivity contribution in [2.45, 2.75) is 13.5 Å². The van der Waals surface area contributed by atoms with Gasteiger partial charge in [0, 0.05) is 5.70 Å². The Bertz CT molecular complexity index is 241. The summed E-state index contributed by atoms with van der Waals surface area (Å²) >= 11 is 0. The molecule has 0 aliphatic carbocycles. The number of nitrogens with zero attached hydrogens (tertiary/aromatic N) is 3. The van der Waals surface area contributed by atoms with E-state index in [1.807, 2.05) is 0 Å². The van der Waals surface area contributed by atoms with Crippen molar-refractivity contribution in [1.82, 2.24) is 15.0 Å². The molecule has 0 atom stereocenters. The fourth-order valence-corrected chi connectivity index (χ4v) is 0.686. The smallest absolute Gasteiger partial charge is 0.0895 e. The van der Waals surface area contributed by atoms with Crippen molar-refractivity contribution in [2.75, 3.05) is 0 Å². The van der Waals surface area contributed by atoms with Gasteiger partial charge in [-0.3, -0.25) is 0 Å². The van der Waals surface area contributed by atoms with Crippen molar-refractivity contribution in [3.8, 4) is 0 Å². The van der Waals surface area contributed by atoms with Crippen molar-refractivity contribution in [3.05, 3.63) is 18.5 Å². The summed E-state index contributed by atoms with van der Waals surface area (Å²) in [6, 6.07) is 0. The van der Waals surface area contributed by atoms with Crippen LogP contribution in [-0.4, -0.2) is 20.1 Å². The highest BCUT2D eigenvalue weighted by Gasteiger charge is 2.00. The molecule has 0 unspecified atom stereocenters. The molecular weight excluding hydrogens is 130 g/mol. The molecule has 0 radical (unpaired) electrons. The molecule has 0 amide bonds. The van der Waals surface area contributed by atoms with E-state index >= 15 is 0 Å². The highest BCUT2D eigenvalue weighted by atomic mass is 16.3. The van der Waals surface area contributed by atoms with E-state index in [1.54, 1.807) is 6.92 Å². The van der Waals surface area contributed by atoms with Crippen LogP contribution >= 0.6 is 0 Å². The van der Waals surface area contributed by atoms with Crippen molar-refractivity contribution in [2.24, 2.45) is 0 Å². The van der Waals surface area contributed by atoms with Crippen LogP contribution in [0.1, 0.15) is 12.6 Å². The quantitative estimate of drug-likeness (QED) is 0.639. The molecule has 1 aromatic rings. The lowest BCUT2D eigenvalue weighted by molar-refractivity contribution is 0.273.